The smallest absolute Gasteiger partial charge is 0.123 e. The van der Waals surface area contributed by atoms with Gasteiger partial charge in [0.25, 0.3) is 0 Å². The van der Waals surface area contributed by atoms with Crippen LogP contribution in [-0.2, 0) is 6.54 Å². The van der Waals surface area contributed by atoms with Crippen LogP contribution >= 0.6 is 0 Å². The summed E-state index contributed by atoms with van der Waals surface area (Å²) in [5.74, 6) is -0.215. The fourth-order valence-electron chi connectivity index (χ4n) is 1.46. The van der Waals surface area contributed by atoms with Gasteiger partial charge in [0.1, 0.15) is 5.82 Å². The van der Waals surface area contributed by atoms with Crippen LogP contribution in [0.5, 0.6) is 0 Å². The van der Waals surface area contributed by atoms with Crippen molar-refractivity contribution >= 4 is 0 Å². The average molecular weight is 197 g/mol. The zero-order valence-electron chi connectivity index (χ0n) is 8.57. The van der Waals surface area contributed by atoms with Gasteiger partial charge < -0.3 is 5.11 Å². The topological polar surface area (TPSA) is 23.5 Å². The summed E-state index contributed by atoms with van der Waals surface area (Å²) < 4.78 is 12.8. The SMILES string of the molecule is CC(O)CN(C)Cc1cccc(F)c1. The van der Waals surface area contributed by atoms with Gasteiger partial charge >= 0.3 is 0 Å². The molecular formula is C11H16FNO. The average Bonchev–Trinajstić information content (AvgIpc) is 2.01. The Morgan fingerprint density at radius 2 is 2.21 bits per heavy atom. The number of likely N-dealkylation sites (N-methyl/N-ethyl adjacent to an activating group) is 1. The molecule has 0 aliphatic heterocycles. The Hall–Kier alpha value is -0.930. The molecule has 1 aromatic rings. The lowest BCUT2D eigenvalue weighted by atomic mass is 10.2. The lowest BCUT2D eigenvalue weighted by molar-refractivity contribution is 0.138. The first-order valence-electron chi connectivity index (χ1n) is 4.69. The molecule has 0 aliphatic carbocycles. The molecule has 1 atom stereocenters. The standard InChI is InChI=1S/C11H16FNO/c1-9(14)7-13(2)8-10-4-3-5-11(12)6-10/h3-6,9,14H,7-8H2,1-2H3. The molecule has 1 unspecified atom stereocenters. The van der Waals surface area contributed by atoms with Crippen LogP contribution in [0.2, 0.25) is 0 Å². The number of hydrogen-bond acceptors (Lipinski definition) is 2. The Labute approximate surface area is 84.0 Å². The molecule has 3 heteroatoms. The minimum Gasteiger partial charge on any atom is -0.392 e. The maximum Gasteiger partial charge on any atom is 0.123 e. The minimum absolute atomic E-state index is 0.215. The number of benzene rings is 1. The van der Waals surface area contributed by atoms with E-state index in [1.165, 1.54) is 12.1 Å². The summed E-state index contributed by atoms with van der Waals surface area (Å²) in [4.78, 5) is 1.96. The molecule has 14 heavy (non-hydrogen) atoms. The van der Waals surface area contributed by atoms with Crippen LogP contribution < -0.4 is 0 Å². The summed E-state index contributed by atoms with van der Waals surface area (Å²) in [5, 5.41) is 9.14. The van der Waals surface area contributed by atoms with Gasteiger partial charge in [-0.3, -0.25) is 4.90 Å². The third-order valence-electron chi connectivity index (χ3n) is 1.92. The van der Waals surface area contributed by atoms with E-state index in [2.05, 4.69) is 0 Å². The van der Waals surface area contributed by atoms with Crippen LogP contribution in [0.25, 0.3) is 0 Å². The Morgan fingerprint density at radius 3 is 2.79 bits per heavy atom. The van der Waals surface area contributed by atoms with Gasteiger partial charge in [0.2, 0.25) is 0 Å². The van der Waals surface area contributed by atoms with Crippen LogP contribution in [0.4, 0.5) is 4.39 Å². The van der Waals surface area contributed by atoms with Gasteiger partial charge in [-0.15, -0.1) is 0 Å². The molecule has 0 heterocycles. The van der Waals surface area contributed by atoms with Crippen LogP contribution in [0, 0.1) is 5.82 Å². The number of hydrogen-bond donors (Lipinski definition) is 1. The summed E-state index contributed by atoms with van der Waals surface area (Å²) in [7, 11) is 1.90. The number of aliphatic hydroxyl groups is 1. The molecule has 1 N–H and O–H groups in total. The minimum atomic E-state index is -0.353. The Bertz CT molecular complexity index is 288. The summed E-state index contributed by atoms with van der Waals surface area (Å²) in [5.41, 5.74) is 0.924. The molecule has 0 saturated carbocycles. The fourth-order valence-corrected chi connectivity index (χ4v) is 1.46. The second-order valence-corrected chi connectivity index (χ2v) is 3.68. The van der Waals surface area contributed by atoms with Crippen LogP contribution in [0.15, 0.2) is 24.3 Å². The molecule has 0 bridgehead atoms. The monoisotopic (exact) mass is 197 g/mol. The van der Waals surface area contributed by atoms with Crippen molar-refractivity contribution in [1.29, 1.82) is 0 Å². The highest BCUT2D eigenvalue weighted by Gasteiger charge is 2.04. The second-order valence-electron chi connectivity index (χ2n) is 3.68. The first kappa shape index (κ1) is 11.1. The van der Waals surface area contributed by atoms with Crippen molar-refractivity contribution in [1.82, 2.24) is 4.90 Å². The molecule has 0 aliphatic rings. The molecule has 2 nitrogen and oxygen atoms in total. The third-order valence-corrected chi connectivity index (χ3v) is 1.92. The van der Waals surface area contributed by atoms with Crippen LogP contribution in [0.1, 0.15) is 12.5 Å². The molecule has 0 spiro atoms. The Kier molecular flexibility index (Phi) is 4.04. The quantitative estimate of drug-likeness (QED) is 0.793. The molecule has 0 aromatic heterocycles. The van der Waals surface area contributed by atoms with Gasteiger partial charge in [-0.1, -0.05) is 12.1 Å². The van der Waals surface area contributed by atoms with E-state index in [9.17, 15) is 4.39 Å². The number of nitrogens with zero attached hydrogens (tertiary/aromatic N) is 1. The van der Waals surface area contributed by atoms with Crippen molar-refractivity contribution in [2.75, 3.05) is 13.6 Å². The van der Waals surface area contributed by atoms with E-state index < -0.39 is 0 Å². The first-order valence-corrected chi connectivity index (χ1v) is 4.69. The lowest BCUT2D eigenvalue weighted by Crippen LogP contribution is -2.26. The molecule has 0 radical (unpaired) electrons. The number of halogens is 1. The van der Waals surface area contributed by atoms with Gasteiger partial charge in [0, 0.05) is 13.1 Å². The normalized spacial score (nSPS) is 13.2. The Morgan fingerprint density at radius 1 is 1.50 bits per heavy atom. The summed E-state index contributed by atoms with van der Waals surface area (Å²) >= 11 is 0. The van der Waals surface area contributed by atoms with E-state index in [1.807, 2.05) is 18.0 Å². The predicted molar refractivity (Wildman–Crippen MR) is 54.4 cm³/mol. The molecule has 0 fully saturated rings. The van der Waals surface area contributed by atoms with Gasteiger partial charge in [0.15, 0.2) is 0 Å². The maximum absolute atomic E-state index is 12.8. The van der Waals surface area contributed by atoms with Crippen molar-refractivity contribution in [3.05, 3.63) is 35.6 Å². The van der Waals surface area contributed by atoms with Gasteiger partial charge in [-0.25, -0.2) is 4.39 Å². The van der Waals surface area contributed by atoms with E-state index in [4.69, 9.17) is 5.11 Å². The predicted octanol–water partition coefficient (Wildman–Crippen LogP) is 1.64. The van der Waals surface area contributed by atoms with Crippen LogP contribution in [-0.4, -0.2) is 29.7 Å². The van der Waals surface area contributed by atoms with E-state index in [0.717, 1.165) is 5.56 Å². The third kappa shape index (κ3) is 3.85. The highest BCUT2D eigenvalue weighted by atomic mass is 19.1. The first-order chi connectivity index (χ1) is 6.58. The van der Waals surface area contributed by atoms with E-state index >= 15 is 0 Å². The summed E-state index contributed by atoms with van der Waals surface area (Å²) in [6.07, 6.45) is -0.353. The van der Waals surface area contributed by atoms with E-state index in [-0.39, 0.29) is 11.9 Å². The molecule has 0 amide bonds. The maximum atomic E-state index is 12.8. The van der Waals surface area contributed by atoms with Crippen molar-refractivity contribution in [2.24, 2.45) is 0 Å². The number of rotatable bonds is 4. The van der Waals surface area contributed by atoms with Crippen LogP contribution in [0.3, 0.4) is 0 Å². The molecule has 0 saturated heterocycles. The summed E-state index contributed by atoms with van der Waals surface area (Å²) in [6, 6.07) is 6.51. The van der Waals surface area contributed by atoms with Crippen molar-refractivity contribution in [3.63, 3.8) is 0 Å². The van der Waals surface area contributed by atoms with Crippen molar-refractivity contribution in [3.8, 4) is 0 Å². The zero-order valence-corrected chi connectivity index (χ0v) is 8.57. The summed E-state index contributed by atoms with van der Waals surface area (Å²) in [6.45, 7) is 2.99. The van der Waals surface area contributed by atoms with Crippen molar-refractivity contribution < 1.29 is 9.50 Å². The molecule has 78 valence electrons. The highest BCUT2D eigenvalue weighted by Crippen LogP contribution is 2.06. The Balaban J connectivity index is 2.51. The fraction of sp³-hybridized carbons (Fsp3) is 0.455. The highest BCUT2D eigenvalue weighted by molar-refractivity contribution is 5.15. The largest absolute Gasteiger partial charge is 0.392 e. The van der Waals surface area contributed by atoms with E-state index in [0.29, 0.717) is 13.1 Å². The molecule has 1 aromatic carbocycles. The van der Waals surface area contributed by atoms with Crippen molar-refractivity contribution in [2.45, 2.75) is 19.6 Å². The second kappa shape index (κ2) is 5.08. The lowest BCUT2D eigenvalue weighted by Gasteiger charge is -2.18. The molecule has 1 rings (SSSR count). The zero-order chi connectivity index (χ0) is 10.6. The van der Waals surface area contributed by atoms with Gasteiger partial charge in [0.05, 0.1) is 6.10 Å². The van der Waals surface area contributed by atoms with Gasteiger partial charge in [-0.05, 0) is 31.7 Å². The van der Waals surface area contributed by atoms with Gasteiger partial charge in [-0.2, -0.15) is 0 Å². The van der Waals surface area contributed by atoms with E-state index in [1.54, 1.807) is 13.0 Å². The number of aliphatic hydroxyl groups excluding tert-OH is 1. The molecular weight excluding hydrogens is 181 g/mol.